The van der Waals surface area contributed by atoms with E-state index in [4.69, 9.17) is 17.3 Å². The van der Waals surface area contributed by atoms with Crippen molar-refractivity contribution in [1.82, 2.24) is 24.6 Å². The van der Waals surface area contributed by atoms with Crippen LogP contribution in [0.15, 0.2) is 60.9 Å². The number of nitrogens with zero attached hydrogens (tertiary/aromatic N) is 5. The zero-order valence-corrected chi connectivity index (χ0v) is 22.1. The quantitative estimate of drug-likeness (QED) is 0.264. The Balaban J connectivity index is 0.000000382. The number of amides is 1. The van der Waals surface area contributed by atoms with Crippen LogP contribution in [0.1, 0.15) is 18.9 Å². The summed E-state index contributed by atoms with van der Waals surface area (Å²) in [5, 5.41) is 5.52. The molecule has 4 aromatic rings. The molecule has 2 aromatic carbocycles. The molecule has 2 aromatic heterocycles. The predicted octanol–water partition coefficient (Wildman–Crippen LogP) is 3.16. The van der Waals surface area contributed by atoms with Gasteiger partial charge in [0, 0.05) is 13.1 Å². The summed E-state index contributed by atoms with van der Waals surface area (Å²) in [4.78, 5) is 22.1. The molecule has 162 valence electrons. The first-order chi connectivity index (χ1) is 15.7. The Kier molecular flexibility index (Phi) is 8.66. The molecule has 33 heavy (non-hydrogen) atoms. The number of piperidine rings is 1. The Hall–Kier alpha value is -3.13. The molecule has 1 aliphatic heterocycles. The van der Waals surface area contributed by atoms with Gasteiger partial charge in [0.25, 0.3) is 5.91 Å². The number of anilines is 1. The minimum absolute atomic E-state index is 0. The van der Waals surface area contributed by atoms with E-state index >= 15 is 0 Å². The van der Waals surface area contributed by atoms with Crippen LogP contribution in [0.25, 0.3) is 22.3 Å². The SMILES string of the molecule is C#CC(=O)N1CCCC(n2nc(-c3cc[c-]cc3)c3c(N)ncnc32)C1.[U+2].[c-]1ccccc1. The Morgan fingerprint density at radius 1 is 1.12 bits per heavy atom. The summed E-state index contributed by atoms with van der Waals surface area (Å²) in [7, 11) is 0. The first-order valence-corrected chi connectivity index (χ1v) is 10.3. The number of rotatable bonds is 2. The maximum atomic E-state index is 11.9. The van der Waals surface area contributed by atoms with Crippen LogP contribution in [0.4, 0.5) is 5.82 Å². The van der Waals surface area contributed by atoms with Crippen LogP contribution in [-0.4, -0.2) is 43.6 Å². The van der Waals surface area contributed by atoms with Crippen LogP contribution in [0.3, 0.4) is 0 Å². The average Bonchev–Trinajstić information content (AvgIpc) is 3.27. The summed E-state index contributed by atoms with van der Waals surface area (Å²) in [6.45, 7) is 1.17. The van der Waals surface area contributed by atoms with E-state index < -0.39 is 0 Å². The molecule has 0 spiro atoms. The van der Waals surface area contributed by atoms with Crippen molar-refractivity contribution in [1.29, 1.82) is 0 Å². The molecule has 3 heterocycles. The van der Waals surface area contributed by atoms with Gasteiger partial charge in [0.2, 0.25) is 0 Å². The minimum atomic E-state index is -0.292. The fourth-order valence-corrected chi connectivity index (χ4v) is 3.77. The van der Waals surface area contributed by atoms with Gasteiger partial charge in [-0.15, -0.1) is 12.0 Å². The van der Waals surface area contributed by atoms with E-state index in [0.29, 0.717) is 24.6 Å². The Morgan fingerprint density at radius 3 is 2.48 bits per heavy atom. The second kappa shape index (κ2) is 11.7. The number of nitrogen functional groups attached to an aromatic ring is 1. The van der Waals surface area contributed by atoms with Crippen LogP contribution >= 0.6 is 0 Å². The summed E-state index contributed by atoms with van der Waals surface area (Å²) in [6.07, 6.45) is 8.45. The number of hydrogen-bond acceptors (Lipinski definition) is 5. The van der Waals surface area contributed by atoms with Crippen LogP contribution in [0.5, 0.6) is 0 Å². The first-order valence-electron chi connectivity index (χ1n) is 10.3. The molecule has 2 N–H and O–H groups in total. The fraction of sp³-hybridized carbons (Fsp3) is 0.200. The van der Waals surface area contributed by atoms with Crippen molar-refractivity contribution in [2.45, 2.75) is 18.9 Å². The Morgan fingerprint density at radius 2 is 1.85 bits per heavy atom. The first kappa shape index (κ1) is 24.5. The third-order valence-corrected chi connectivity index (χ3v) is 5.27. The standard InChI is InChI=1S/C19H17N6O.C6H5.U/c1-2-15(26)24-10-6-9-14(11-24)25-19-16(18(20)21-12-22-19)17(23-25)13-7-4-3-5-8-13;1-2-4-6-5-3-1;/h1,4-5,7-8,12,14H,6,9-11H2,(H2,20,21,22);1-5H;/q2*-1;+2. The minimum Gasteiger partial charge on any atom is -0.383 e. The number of likely N-dealkylation sites (tertiary alicyclic amines) is 1. The molecule has 1 unspecified atom stereocenters. The number of nitrogens with two attached hydrogens (primary N) is 1. The fourth-order valence-electron chi connectivity index (χ4n) is 3.77. The number of hydrogen-bond donors (Lipinski definition) is 1. The predicted molar refractivity (Wildman–Crippen MR) is 123 cm³/mol. The van der Waals surface area contributed by atoms with Crippen molar-refractivity contribution in [2.75, 3.05) is 18.8 Å². The van der Waals surface area contributed by atoms with E-state index in [1.165, 1.54) is 6.33 Å². The number of carbonyl (C=O) groups is 1. The molecular weight excluding hydrogens is 638 g/mol. The van der Waals surface area contributed by atoms with Crippen molar-refractivity contribution >= 4 is 22.8 Å². The molecular formula is C25H22N6OU. The van der Waals surface area contributed by atoms with Crippen molar-refractivity contribution in [2.24, 2.45) is 0 Å². The average molecular weight is 661 g/mol. The third-order valence-electron chi connectivity index (χ3n) is 5.27. The van der Waals surface area contributed by atoms with Gasteiger partial charge in [0.05, 0.1) is 17.1 Å². The molecule has 1 fully saturated rings. The van der Waals surface area contributed by atoms with E-state index in [0.717, 1.165) is 29.5 Å². The van der Waals surface area contributed by atoms with Crippen LogP contribution in [-0.2, 0) is 4.79 Å². The second-order valence-electron chi connectivity index (χ2n) is 7.31. The summed E-state index contributed by atoms with van der Waals surface area (Å²) in [5.41, 5.74) is 8.45. The van der Waals surface area contributed by atoms with Crippen LogP contribution in [0, 0.1) is 55.6 Å². The molecule has 7 nitrogen and oxygen atoms in total. The molecule has 1 aliphatic rings. The van der Waals surface area contributed by atoms with E-state index in [2.05, 4.69) is 28.0 Å². The summed E-state index contributed by atoms with van der Waals surface area (Å²) in [5.74, 6) is 2.29. The molecule has 0 bridgehead atoms. The summed E-state index contributed by atoms with van der Waals surface area (Å²) < 4.78 is 1.86. The van der Waals surface area contributed by atoms with Gasteiger partial charge in [0.15, 0.2) is 5.65 Å². The summed E-state index contributed by atoms with van der Waals surface area (Å²) >= 11 is 0. The van der Waals surface area contributed by atoms with Gasteiger partial charge in [-0.1, -0.05) is 0 Å². The monoisotopic (exact) mass is 660 g/mol. The van der Waals surface area contributed by atoms with Crippen molar-refractivity contribution < 1.29 is 35.9 Å². The van der Waals surface area contributed by atoms with Crippen LogP contribution in [0.2, 0.25) is 0 Å². The van der Waals surface area contributed by atoms with Gasteiger partial charge in [-0.2, -0.15) is 71.8 Å². The van der Waals surface area contributed by atoms with Crippen LogP contribution < -0.4 is 5.73 Å². The molecule has 8 heteroatoms. The second-order valence-corrected chi connectivity index (χ2v) is 7.31. The van der Waals surface area contributed by atoms with Gasteiger partial charge in [0.1, 0.15) is 12.1 Å². The maximum absolute atomic E-state index is 11.9. The van der Waals surface area contributed by atoms with E-state index in [1.807, 2.05) is 59.3 Å². The zero-order chi connectivity index (χ0) is 22.3. The van der Waals surface area contributed by atoms with Gasteiger partial charge in [-0.3, -0.25) is 4.79 Å². The zero-order valence-electron chi connectivity index (χ0n) is 18.0. The largest absolute Gasteiger partial charge is 2.00 e. The van der Waals surface area contributed by atoms with Gasteiger partial charge < -0.3 is 10.6 Å². The van der Waals surface area contributed by atoms with Gasteiger partial charge in [-0.05, 0) is 18.8 Å². The van der Waals surface area contributed by atoms with E-state index in [1.54, 1.807) is 4.90 Å². The Labute approximate surface area is 216 Å². The van der Waals surface area contributed by atoms with Crippen molar-refractivity contribution in [3.8, 4) is 23.6 Å². The smallest absolute Gasteiger partial charge is 0.383 e. The number of fused-ring (bicyclic) bond motifs is 1. The maximum Gasteiger partial charge on any atom is 2.00 e. The molecule has 1 amide bonds. The van der Waals surface area contributed by atoms with E-state index in [-0.39, 0.29) is 43.1 Å². The molecule has 1 saturated heterocycles. The number of terminal acetylenes is 1. The summed E-state index contributed by atoms with van der Waals surface area (Å²) in [6, 6.07) is 23.0. The topological polar surface area (TPSA) is 89.9 Å². The Bertz CT molecular complexity index is 1210. The molecule has 0 aliphatic carbocycles. The molecule has 1 atom stereocenters. The third kappa shape index (κ3) is 5.63. The molecule has 0 radical (unpaired) electrons. The molecule has 0 saturated carbocycles. The molecule has 5 rings (SSSR count). The van der Waals surface area contributed by atoms with Gasteiger partial charge >= 0.3 is 31.1 Å². The number of benzene rings is 2. The van der Waals surface area contributed by atoms with E-state index in [9.17, 15) is 4.79 Å². The number of aromatic nitrogens is 4. The number of carbonyl (C=O) groups excluding carboxylic acids is 1. The normalized spacial score (nSPS) is 15.0. The van der Waals surface area contributed by atoms with Crippen molar-refractivity contribution in [3.05, 3.63) is 73.1 Å². The van der Waals surface area contributed by atoms with Crippen molar-refractivity contribution in [3.63, 3.8) is 0 Å². The van der Waals surface area contributed by atoms with Gasteiger partial charge in [-0.25, -0.2) is 14.6 Å².